The molecule has 2 aromatic heterocycles. The number of rotatable bonds is 7. The Morgan fingerprint density at radius 2 is 2.20 bits per heavy atom. The number of hydrogen-bond acceptors (Lipinski definition) is 7. The lowest BCUT2D eigenvalue weighted by Crippen LogP contribution is -2.26. The summed E-state index contributed by atoms with van der Waals surface area (Å²) < 4.78 is 20.8. The van der Waals surface area contributed by atoms with Gasteiger partial charge in [0.2, 0.25) is 0 Å². The van der Waals surface area contributed by atoms with Crippen LogP contribution < -0.4 is 15.5 Å². The molecule has 1 aliphatic heterocycles. The van der Waals surface area contributed by atoms with Gasteiger partial charge in [0.15, 0.2) is 17.2 Å². The van der Waals surface area contributed by atoms with E-state index in [2.05, 4.69) is 27.8 Å². The monoisotopic (exact) mass is 412 g/mol. The summed E-state index contributed by atoms with van der Waals surface area (Å²) in [7, 11) is 1.57. The van der Waals surface area contributed by atoms with E-state index in [0.717, 1.165) is 18.4 Å². The third-order valence-corrected chi connectivity index (χ3v) is 5.08. The standard InChI is InChI=1S/C21H25FN6O2/c1-5-9-21(3)26-19(27-30-21)16-12-23-28-10-8-18(25-20(16)28)24-13(2)15-11-14(22)6-7-17(15)29-4/h6-8,10-13H,5,9H2,1-4H3,(H,24,25)(H,26,27). The SMILES string of the molecule is CCCC1(C)N=C(c2cnn3ccc(NC(C)c4cc(F)ccc4OC)nc23)NO1. The number of aliphatic imine (C=N–C) groups is 1. The van der Waals surface area contributed by atoms with Crippen LogP contribution in [0.3, 0.4) is 0 Å². The number of fused-ring (bicyclic) bond motifs is 1. The minimum absolute atomic E-state index is 0.227. The number of nitrogens with zero attached hydrogens (tertiary/aromatic N) is 4. The Morgan fingerprint density at radius 3 is 2.97 bits per heavy atom. The first kappa shape index (κ1) is 20.1. The first-order valence-electron chi connectivity index (χ1n) is 9.91. The van der Waals surface area contributed by atoms with Crippen LogP contribution in [0.4, 0.5) is 10.2 Å². The van der Waals surface area contributed by atoms with Crippen LogP contribution in [0, 0.1) is 5.82 Å². The Labute approximate surface area is 174 Å². The molecule has 3 heterocycles. The second kappa shape index (κ2) is 7.91. The summed E-state index contributed by atoms with van der Waals surface area (Å²) in [5.74, 6) is 1.52. The maximum Gasteiger partial charge on any atom is 0.184 e. The molecule has 4 rings (SSSR count). The first-order valence-corrected chi connectivity index (χ1v) is 9.91. The van der Waals surface area contributed by atoms with Crippen LogP contribution in [0.15, 0.2) is 41.7 Å². The number of methoxy groups -OCH3 is 1. The lowest BCUT2D eigenvalue weighted by molar-refractivity contribution is -0.0464. The first-order chi connectivity index (χ1) is 14.4. The van der Waals surface area contributed by atoms with Crippen molar-refractivity contribution in [1.29, 1.82) is 0 Å². The van der Waals surface area contributed by atoms with Crippen molar-refractivity contribution in [2.24, 2.45) is 4.99 Å². The number of halogens is 1. The van der Waals surface area contributed by atoms with E-state index in [9.17, 15) is 4.39 Å². The second-order valence-electron chi connectivity index (χ2n) is 7.48. The molecule has 2 N–H and O–H groups in total. The van der Waals surface area contributed by atoms with E-state index in [0.29, 0.717) is 28.6 Å². The van der Waals surface area contributed by atoms with Gasteiger partial charge in [0, 0.05) is 11.8 Å². The van der Waals surface area contributed by atoms with Gasteiger partial charge in [-0.05, 0) is 44.5 Å². The lowest BCUT2D eigenvalue weighted by Gasteiger charge is -2.18. The highest BCUT2D eigenvalue weighted by Crippen LogP contribution is 2.29. The number of hydroxylamine groups is 1. The van der Waals surface area contributed by atoms with Crippen molar-refractivity contribution in [2.45, 2.75) is 45.4 Å². The highest BCUT2D eigenvalue weighted by atomic mass is 19.1. The van der Waals surface area contributed by atoms with Crippen molar-refractivity contribution in [2.75, 3.05) is 12.4 Å². The molecule has 0 fully saturated rings. The molecule has 0 bridgehead atoms. The molecule has 2 atom stereocenters. The van der Waals surface area contributed by atoms with Crippen molar-refractivity contribution >= 4 is 17.3 Å². The molecule has 1 aromatic carbocycles. The molecule has 30 heavy (non-hydrogen) atoms. The van der Waals surface area contributed by atoms with Crippen LogP contribution in [0.5, 0.6) is 5.75 Å². The molecule has 0 saturated heterocycles. The number of benzene rings is 1. The van der Waals surface area contributed by atoms with E-state index in [1.54, 1.807) is 23.9 Å². The molecule has 0 radical (unpaired) electrons. The summed E-state index contributed by atoms with van der Waals surface area (Å²) in [6.45, 7) is 5.95. The van der Waals surface area contributed by atoms with Gasteiger partial charge in [0.1, 0.15) is 17.4 Å². The van der Waals surface area contributed by atoms with Crippen LogP contribution in [-0.4, -0.2) is 33.3 Å². The van der Waals surface area contributed by atoms with Gasteiger partial charge in [-0.15, -0.1) is 0 Å². The van der Waals surface area contributed by atoms with Gasteiger partial charge >= 0.3 is 0 Å². The molecule has 158 valence electrons. The van der Waals surface area contributed by atoms with Crippen LogP contribution in [0.2, 0.25) is 0 Å². The minimum atomic E-state index is -0.601. The third kappa shape index (κ3) is 3.80. The number of aromatic nitrogens is 3. The summed E-state index contributed by atoms with van der Waals surface area (Å²) in [5, 5.41) is 7.66. The largest absolute Gasteiger partial charge is 0.496 e. The number of amidine groups is 1. The number of anilines is 1. The summed E-state index contributed by atoms with van der Waals surface area (Å²) in [6, 6.07) is 6.04. The fourth-order valence-corrected chi connectivity index (χ4v) is 3.59. The smallest absolute Gasteiger partial charge is 0.184 e. The molecule has 0 amide bonds. The van der Waals surface area contributed by atoms with Gasteiger partial charge in [-0.1, -0.05) is 13.3 Å². The van der Waals surface area contributed by atoms with E-state index < -0.39 is 5.72 Å². The van der Waals surface area contributed by atoms with Crippen LogP contribution in [0.25, 0.3) is 5.65 Å². The topological polar surface area (TPSA) is 85.1 Å². The predicted molar refractivity (Wildman–Crippen MR) is 112 cm³/mol. The van der Waals surface area contributed by atoms with Crippen molar-refractivity contribution < 1.29 is 14.0 Å². The zero-order valence-electron chi connectivity index (χ0n) is 17.4. The highest BCUT2D eigenvalue weighted by molar-refractivity contribution is 6.03. The summed E-state index contributed by atoms with van der Waals surface area (Å²) in [6.07, 6.45) is 5.27. The molecule has 0 spiro atoms. The number of ether oxygens (including phenoxy) is 1. The molecule has 3 aromatic rings. The van der Waals surface area contributed by atoms with E-state index in [-0.39, 0.29) is 11.9 Å². The Hall–Kier alpha value is -3.20. The minimum Gasteiger partial charge on any atom is -0.496 e. The Kier molecular flexibility index (Phi) is 5.29. The fraction of sp³-hybridized carbons (Fsp3) is 0.381. The van der Waals surface area contributed by atoms with Gasteiger partial charge in [-0.2, -0.15) is 5.10 Å². The maximum absolute atomic E-state index is 13.7. The molecular weight excluding hydrogens is 387 g/mol. The summed E-state index contributed by atoms with van der Waals surface area (Å²) in [5.41, 5.74) is 4.40. The van der Waals surface area contributed by atoms with Crippen molar-refractivity contribution in [3.05, 3.63) is 53.6 Å². The Balaban J connectivity index is 1.63. The quantitative estimate of drug-likeness (QED) is 0.613. The van der Waals surface area contributed by atoms with E-state index in [1.165, 1.54) is 12.1 Å². The highest BCUT2D eigenvalue weighted by Gasteiger charge is 2.32. The Morgan fingerprint density at radius 1 is 1.37 bits per heavy atom. The van der Waals surface area contributed by atoms with Crippen molar-refractivity contribution in [3.63, 3.8) is 0 Å². The third-order valence-electron chi connectivity index (χ3n) is 5.08. The van der Waals surface area contributed by atoms with Crippen molar-refractivity contribution in [1.82, 2.24) is 20.1 Å². The van der Waals surface area contributed by atoms with Gasteiger partial charge in [-0.25, -0.2) is 29.2 Å². The molecule has 0 aliphatic carbocycles. The van der Waals surface area contributed by atoms with Gasteiger partial charge in [-0.3, -0.25) is 0 Å². The molecule has 8 nitrogen and oxygen atoms in total. The Bertz CT molecular complexity index is 1100. The fourth-order valence-electron chi connectivity index (χ4n) is 3.59. The van der Waals surface area contributed by atoms with Crippen LogP contribution in [-0.2, 0) is 4.84 Å². The molecule has 2 unspecified atom stereocenters. The zero-order chi connectivity index (χ0) is 21.3. The predicted octanol–water partition coefficient (Wildman–Crippen LogP) is 3.85. The van der Waals surface area contributed by atoms with E-state index in [4.69, 9.17) is 14.6 Å². The maximum atomic E-state index is 13.7. The molecular formula is C21H25FN6O2. The lowest BCUT2D eigenvalue weighted by atomic mass is 10.1. The second-order valence-corrected chi connectivity index (χ2v) is 7.48. The summed E-state index contributed by atoms with van der Waals surface area (Å²) >= 11 is 0. The normalized spacial score (nSPS) is 19.4. The van der Waals surface area contributed by atoms with Gasteiger partial charge < -0.3 is 10.1 Å². The van der Waals surface area contributed by atoms with Gasteiger partial charge in [0.25, 0.3) is 0 Å². The average molecular weight is 412 g/mol. The van der Waals surface area contributed by atoms with E-state index >= 15 is 0 Å². The number of hydrogen-bond donors (Lipinski definition) is 2. The van der Waals surface area contributed by atoms with Crippen LogP contribution in [0.1, 0.15) is 50.8 Å². The molecule has 0 saturated carbocycles. The van der Waals surface area contributed by atoms with Crippen molar-refractivity contribution in [3.8, 4) is 5.75 Å². The van der Waals surface area contributed by atoms with Crippen LogP contribution >= 0.6 is 0 Å². The zero-order valence-corrected chi connectivity index (χ0v) is 17.4. The van der Waals surface area contributed by atoms with Gasteiger partial charge in [0.05, 0.1) is 24.9 Å². The molecule has 1 aliphatic rings. The molecule has 9 heteroatoms. The number of nitrogens with one attached hydrogen (secondary N) is 2. The average Bonchev–Trinajstić information content (AvgIpc) is 3.31. The van der Waals surface area contributed by atoms with E-state index in [1.807, 2.05) is 26.1 Å². The summed E-state index contributed by atoms with van der Waals surface area (Å²) in [4.78, 5) is 15.1.